The Hall–Kier alpha value is -6.26. The second kappa shape index (κ2) is 10.1. The van der Waals surface area contributed by atoms with Gasteiger partial charge in [-0.15, -0.1) is 0 Å². The van der Waals surface area contributed by atoms with Gasteiger partial charge in [0.25, 0.3) is 0 Å². The van der Waals surface area contributed by atoms with Crippen molar-refractivity contribution in [1.82, 2.24) is 19.1 Å². The molecular weight excluding hydrogens is 573 g/mol. The Morgan fingerprint density at radius 2 is 1.28 bits per heavy atom. The highest BCUT2D eigenvalue weighted by Gasteiger charge is 2.22. The number of pyridine rings is 1. The van der Waals surface area contributed by atoms with E-state index in [0.29, 0.717) is 0 Å². The summed E-state index contributed by atoms with van der Waals surface area (Å²) in [5.41, 5.74) is 11.1. The highest BCUT2D eigenvalue weighted by Crippen LogP contribution is 2.42. The molecule has 4 nitrogen and oxygen atoms in total. The zero-order valence-corrected chi connectivity index (χ0v) is 25.5. The lowest BCUT2D eigenvalue weighted by Gasteiger charge is -2.17. The van der Waals surface area contributed by atoms with Crippen LogP contribution in [-0.4, -0.2) is 19.1 Å². The van der Waals surface area contributed by atoms with Gasteiger partial charge in [-0.3, -0.25) is 4.57 Å². The van der Waals surface area contributed by atoms with E-state index in [1.807, 2.05) is 12.1 Å². The monoisotopic (exact) mass is 600 g/mol. The van der Waals surface area contributed by atoms with Gasteiger partial charge >= 0.3 is 0 Å². The molecule has 9 aromatic rings. The number of hydrogen-bond donors (Lipinski definition) is 0. The second-order valence-electron chi connectivity index (χ2n) is 12.2. The van der Waals surface area contributed by atoms with Crippen LogP contribution in [0.3, 0.4) is 0 Å². The molecule has 4 heteroatoms. The van der Waals surface area contributed by atoms with Crippen molar-refractivity contribution in [2.45, 2.75) is 6.42 Å². The fourth-order valence-corrected chi connectivity index (χ4v) is 7.51. The lowest BCUT2D eigenvalue weighted by Crippen LogP contribution is -2.05. The summed E-state index contributed by atoms with van der Waals surface area (Å²) in [6.45, 7) is 0. The van der Waals surface area contributed by atoms with Gasteiger partial charge in [-0.2, -0.15) is 0 Å². The lowest BCUT2D eigenvalue weighted by atomic mass is 9.90. The summed E-state index contributed by atoms with van der Waals surface area (Å²) in [6, 6.07) is 51.5. The van der Waals surface area contributed by atoms with Crippen LogP contribution in [0.2, 0.25) is 0 Å². The van der Waals surface area contributed by atoms with Crippen molar-refractivity contribution in [2.24, 2.45) is 0 Å². The molecule has 0 atom stereocenters. The minimum atomic E-state index is 0.826. The van der Waals surface area contributed by atoms with Crippen molar-refractivity contribution in [1.29, 1.82) is 0 Å². The van der Waals surface area contributed by atoms with Crippen LogP contribution in [-0.2, 0) is 6.42 Å². The Labute approximate surface area is 271 Å². The first-order valence-corrected chi connectivity index (χ1v) is 16.1. The molecule has 0 amide bonds. The van der Waals surface area contributed by atoms with Gasteiger partial charge in [-0.1, -0.05) is 121 Å². The molecule has 0 N–H and O–H groups in total. The Morgan fingerprint density at radius 1 is 0.532 bits per heavy atom. The van der Waals surface area contributed by atoms with Crippen LogP contribution in [0.4, 0.5) is 0 Å². The molecule has 0 unspecified atom stereocenters. The standard InChI is InChI=1S/C43H28N4/c1-3-13-28(14-4-1)36-26-32(27-40(44-36)47-38-24-10-8-22-35(38)45-43(47)30-15-5-2-6-16-30)46-37-23-9-7-20-33(37)42-34-21-12-18-29-17-11-19-31(41(29)34)25-39(42)46/h1-20,22-27H,21H2. The Balaban J connectivity index is 1.33. The highest BCUT2D eigenvalue weighted by molar-refractivity contribution is 6.17. The first-order chi connectivity index (χ1) is 23.3. The van der Waals surface area contributed by atoms with E-state index in [1.54, 1.807) is 0 Å². The molecule has 220 valence electrons. The molecule has 0 aliphatic heterocycles. The average Bonchev–Trinajstić information content (AvgIpc) is 3.69. The molecule has 47 heavy (non-hydrogen) atoms. The van der Waals surface area contributed by atoms with E-state index < -0.39 is 0 Å². The Bertz CT molecular complexity index is 2700. The second-order valence-corrected chi connectivity index (χ2v) is 12.2. The van der Waals surface area contributed by atoms with E-state index in [4.69, 9.17) is 9.97 Å². The highest BCUT2D eigenvalue weighted by atomic mass is 15.1. The SMILES string of the molecule is C1=Cc2cccc3cc4c(c(c23)C1)c1ccccc1n4-c1cc(-c2ccccc2)nc(-n2c(-c3ccccc3)nc3ccccc32)c1. The van der Waals surface area contributed by atoms with Crippen LogP contribution in [0.15, 0.2) is 152 Å². The van der Waals surface area contributed by atoms with E-state index in [2.05, 4.69) is 155 Å². The molecule has 6 aromatic carbocycles. The first-order valence-electron chi connectivity index (χ1n) is 16.1. The minimum Gasteiger partial charge on any atom is -0.309 e. The number of para-hydroxylation sites is 3. The van der Waals surface area contributed by atoms with E-state index in [9.17, 15) is 0 Å². The third kappa shape index (κ3) is 3.95. The third-order valence-corrected chi connectivity index (χ3v) is 9.50. The van der Waals surface area contributed by atoms with Gasteiger partial charge in [0.2, 0.25) is 0 Å². The summed E-state index contributed by atoms with van der Waals surface area (Å²) in [4.78, 5) is 10.5. The molecule has 0 saturated heterocycles. The molecule has 1 aliphatic carbocycles. The molecule has 0 bridgehead atoms. The van der Waals surface area contributed by atoms with Gasteiger partial charge in [0, 0.05) is 28.0 Å². The van der Waals surface area contributed by atoms with Crippen molar-refractivity contribution < 1.29 is 0 Å². The minimum absolute atomic E-state index is 0.826. The summed E-state index contributed by atoms with van der Waals surface area (Å²) in [5.74, 6) is 1.69. The number of imidazole rings is 1. The van der Waals surface area contributed by atoms with E-state index in [0.717, 1.165) is 51.6 Å². The first kappa shape index (κ1) is 26.0. The van der Waals surface area contributed by atoms with Gasteiger partial charge in [-0.25, -0.2) is 9.97 Å². The lowest BCUT2D eigenvalue weighted by molar-refractivity contribution is 1.02. The molecule has 1 aliphatic rings. The van der Waals surface area contributed by atoms with Crippen LogP contribution >= 0.6 is 0 Å². The maximum atomic E-state index is 5.36. The summed E-state index contributed by atoms with van der Waals surface area (Å²) >= 11 is 0. The summed E-state index contributed by atoms with van der Waals surface area (Å²) in [6.07, 6.45) is 5.48. The van der Waals surface area contributed by atoms with E-state index in [-0.39, 0.29) is 0 Å². The number of allylic oxidation sites excluding steroid dienone is 1. The molecule has 3 heterocycles. The predicted octanol–water partition coefficient (Wildman–Crippen LogP) is 10.6. The van der Waals surface area contributed by atoms with Crippen molar-refractivity contribution >= 4 is 49.7 Å². The van der Waals surface area contributed by atoms with Gasteiger partial charge in [-0.05, 0) is 58.7 Å². The zero-order chi connectivity index (χ0) is 30.9. The van der Waals surface area contributed by atoms with Crippen molar-refractivity contribution in [3.8, 4) is 34.2 Å². The van der Waals surface area contributed by atoms with Crippen molar-refractivity contribution in [2.75, 3.05) is 0 Å². The van der Waals surface area contributed by atoms with Crippen LogP contribution in [0, 0.1) is 0 Å². The summed E-state index contributed by atoms with van der Waals surface area (Å²) < 4.78 is 4.65. The van der Waals surface area contributed by atoms with Crippen molar-refractivity contribution in [3.05, 3.63) is 163 Å². The van der Waals surface area contributed by atoms with Gasteiger partial charge in [0.1, 0.15) is 11.6 Å². The van der Waals surface area contributed by atoms with Crippen LogP contribution in [0.1, 0.15) is 11.1 Å². The summed E-state index contributed by atoms with van der Waals surface area (Å²) in [7, 11) is 0. The molecule has 0 fully saturated rings. The molecule has 0 saturated carbocycles. The quantitative estimate of drug-likeness (QED) is 0.201. The van der Waals surface area contributed by atoms with Crippen molar-refractivity contribution in [3.63, 3.8) is 0 Å². The van der Waals surface area contributed by atoms with Gasteiger partial charge in [0.15, 0.2) is 0 Å². The van der Waals surface area contributed by atoms with Crippen LogP contribution in [0.5, 0.6) is 0 Å². The van der Waals surface area contributed by atoms with Crippen LogP contribution in [0.25, 0.3) is 83.8 Å². The zero-order valence-electron chi connectivity index (χ0n) is 25.5. The normalized spacial score (nSPS) is 12.5. The molecule has 0 radical (unpaired) electrons. The largest absolute Gasteiger partial charge is 0.309 e. The van der Waals surface area contributed by atoms with Crippen LogP contribution < -0.4 is 0 Å². The molecule has 10 rings (SSSR count). The predicted molar refractivity (Wildman–Crippen MR) is 194 cm³/mol. The van der Waals surface area contributed by atoms with Gasteiger partial charge < -0.3 is 4.57 Å². The topological polar surface area (TPSA) is 35.6 Å². The van der Waals surface area contributed by atoms with E-state index in [1.165, 1.54) is 43.7 Å². The fraction of sp³-hybridized carbons (Fsp3) is 0.0233. The number of hydrogen-bond acceptors (Lipinski definition) is 2. The number of aromatic nitrogens is 4. The number of rotatable bonds is 4. The average molecular weight is 601 g/mol. The number of nitrogens with zero attached hydrogens (tertiary/aromatic N) is 4. The molecule has 3 aromatic heterocycles. The molecular formula is C43H28N4. The Kier molecular flexibility index (Phi) is 5.60. The molecule has 0 spiro atoms. The van der Waals surface area contributed by atoms with Gasteiger partial charge in [0.05, 0.1) is 33.4 Å². The third-order valence-electron chi connectivity index (χ3n) is 9.50. The number of benzene rings is 6. The fourth-order valence-electron chi connectivity index (χ4n) is 7.51. The smallest absolute Gasteiger partial charge is 0.146 e. The number of fused-ring (bicyclic) bond motifs is 5. The maximum Gasteiger partial charge on any atom is 0.146 e. The van der Waals surface area contributed by atoms with E-state index >= 15 is 0 Å². The maximum absolute atomic E-state index is 5.36. The summed E-state index contributed by atoms with van der Waals surface area (Å²) in [5, 5.41) is 5.22. The Morgan fingerprint density at radius 3 is 2.13 bits per heavy atom.